The molecule has 0 aromatic heterocycles. The highest BCUT2D eigenvalue weighted by atomic mass is 16.6. The largest absolute Gasteiger partial charge is 0.393 e. The van der Waals surface area contributed by atoms with Gasteiger partial charge in [0.1, 0.15) is 5.60 Å². The predicted molar refractivity (Wildman–Crippen MR) is 102 cm³/mol. The van der Waals surface area contributed by atoms with Crippen LogP contribution in [0.5, 0.6) is 0 Å². The van der Waals surface area contributed by atoms with E-state index in [0.29, 0.717) is 0 Å². The minimum absolute atomic E-state index is 0.0158. The summed E-state index contributed by atoms with van der Waals surface area (Å²) in [6, 6.07) is 0. The zero-order valence-corrected chi connectivity index (χ0v) is 17.2. The van der Waals surface area contributed by atoms with Crippen LogP contribution in [-0.2, 0) is 4.74 Å². The van der Waals surface area contributed by atoms with Crippen molar-refractivity contribution in [3.63, 3.8) is 0 Å². The number of aliphatic hydroxyl groups is 1. The van der Waals surface area contributed by atoms with Crippen LogP contribution in [0.3, 0.4) is 0 Å². The van der Waals surface area contributed by atoms with Crippen LogP contribution < -0.4 is 0 Å². The molecule has 2 fully saturated rings. The first kappa shape index (κ1) is 20.2. The SMILES string of the molecule is CCCC[C@@H](C)CCC[C@@H](C)CC[C@@]12O[C@]1(C)C[C@@H](O)CC2(C)C. The normalized spacial score (nSPS) is 36.9. The number of ether oxygens (including phenoxy) is 1. The molecule has 142 valence electrons. The first-order chi connectivity index (χ1) is 11.2. The molecule has 0 amide bonds. The lowest BCUT2D eigenvalue weighted by Gasteiger charge is -2.41. The second kappa shape index (κ2) is 7.66. The molecule has 0 aromatic carbocycles. The van der Waals surface area contributed by atoms with Gasteiger partial charge in [0.05, 0.1) is 11.7 Å². The molecule has 0 bridgehead atoms. The van der Waals surface area contributed by atoms with E-state index in [2.05, 4.69) is 41.5 Å². The van der Waals surface area contributed by atoms with Gasteiger partial charge in [-0.05, 0) is 43.4 Å². The lowest BCUT2D eigenvalue weighted by atomic mass is 9.61. The fourth-order valence-corrected chi connectivity index (χ4v) is 5.45. The summed E-state index contributed by atoms with van der Waals surface area (Å²) >= 11 is 0. The molecule has 1 N–H and O–H groups in total. The average molecular weight is 339 g/mol. The smallest absolute Gasteiger partial charge is 0.103 e. The van der Waals surface area contributed by atoms with Crippen LogP contribution in [0.25, 0.3) is 0 Å². The molecule has 0 spiro atoms. The number of epoxide rings is 1. The molecule has 0 unspecified atom stereocenters. The van der Waals surface area contributed by atoms with Crippen LogP contribution >= 0.6 is 0 Å². The maximum atomic E-state index is 10.1. The quantitative estimate of drug-likeness (QED) is 0.488. The maximum Gasteiger partial charge on any atom is 0.103 e. The van der Waals surface area contributed by atoms with Crippen molar-refractivity contribution in [1.82, 2.24) is 0 Å². The van der Waals surface area contributed by atoms with Gasteiger partial charge < -0.3 is 9.84 Å². The molecule has 5 atom stereocenters. The molecule has 2 aliphatic rings. The molecular formula is C22H42O2. The lowest BCUT2D eigenvalue weighted by molar-refractivity contribution is 0.0291. The lowest BCUT2D eigenvalue weighted by Crippen LogP contribution is -2.47. The number of hydrogen-bond acceptors (Lipinski definition) is 2. The van der Waals surface area contributed by atoms with Gasteiger partial charge in [0.2, 0.25) is 0 Å². The van der Waals surface area contributed by atoms with Crippen molar-refractivity contribution in [3.05, 3.63) is 0 Å². The van der Waals surface area contributed by atoms with Crippen molar-refractivity contribution in [3.8, 4) is 0 Å². The predicted octanol–water partition coefficient (Wildman–Crippen LogP) is 6.11. The van der Waals surface area contributed by atoms with Gasteiger partial charge in [0, 0.05) is 6.42 Å². The third-order valence-electron chi connectivity index (χ3n) is 7.11. The molecule has 0 aromatic rings. The third-order valence-corrected chi connectivity index (χ3v) is 7.11. The van der Waals surface area contributed by atoms with E-state index in [-0.39, 0.29) is 22.7 Å². The van der Waals surface area contributed by atoms with Crippen molar-refractivity contribution in [2.75, 3.05) is 0 Å². The van der Waals surface area contributed by atoms with Crippen LogP contribution in [0.2, 0.25) is 0 Å². The van der Waals surface area contributed by atoms with E-state index >= 15 is 0 Å². The minimum Gasteiger partial charge on any atom is -0.393 e. The number of unbranched alkanes of at least 4 members (excludes halogenated alkanes) is 1. The number of aliphatic hydroxyl groups excluding tert-OH is 1. The van der Waals surface area contributed by atoms with Gasteiger partial charge in [-0.2, -0.15) is 0 Å². The van der Waals surface area contributed by atoms with E-state index in [0.717, 1.165) is 31.1 Å². The topological polar surface area (TPSA) is 32.8 Å². The summed E-state index contributed by atoms with van der Waals surface area (Å²) in [6.45, 7) is 13.9. The summed E-state index contributed by atoms with van der Waals surface area (Å²) in [5, 5.41) is 10.1. The van der Waals surface area contributed by atoms with Crippen molar-refractivity contribution in [1.29, 1.82) is 0 Å². The molecule has 1 saturated carbocycles. The maximum absolute atomic E-state index is 10.1. The summed E-state index contributed by atoms with van der Waals surface area (Å²) in [5.41, 5.74) is 0.0261. The molecule has 24 heavy (non-hydrogen) atoms. The summed E-state index contributed by atoms with van der Waals surface area (Å²) in [7, 11) is 0. The summed E-state index contributed by atoms with van der Waals surface area (Å²) < 4.78 is 6.32. The molecule has 2 nitrogen and oxygen atoms in total. The second-order valence-electron chi connectivity index (χ2n) is 9.93. The van der Waals surface area contributed by atoms with Crippen molar-refractivity contribution < 1.29 is 9.84 Å². The zero-order chi connectivity index (χ0) is 18.0. The Morgan fingerprint density at radius 1 is 0.958 bits per heavy atom. The molecule has 1 saturated heterocycles. The Kier molecular flexibility index (Phi) is 6.46. The number of hydrogen-bond donors (Lipinski definition) is 1. The first-order valence-corrected chi connectivity index (χ1v) is 10.5. The van der Waals surface area contributed by atoms with E-state index in [4.69, 9.17) is 4.74 Å². The van der Waals surface area contributed by atoms with Gasteiger partial charge in [0.15, 0.2) is 0 Å². The van der Waals surface area contributed by atoms with Crippen LogP contribution in [-0.4, -0.2) is 22.4 Å². The van der Waals surface area contributed by atoms with E-state index in [9.17, 15) is 5.11 Å². The van der Waals surface area contributed by atoms with Crippen LogP contribution in [0, 0.1) is 17.3 Å². The van der Waals surface area contributed by atoms with Crippen molar-refractivity contribution in [2.45, 2.75) is 123 Å². The first-order valence-electron chi connectivity index (χ1n) is 10.5. The Labute approximate surface area is 150 Å². The molecule has 2 heteroatoms. The van der Waals surface area contributed by atoms with Gasteiger partial charge in [-0.25, -0.2) is 0 Å². The van der Waals surface area contributed by atoms with Gasteiger partial charge in [-0.1, -0.05) is 73.1 Å². The highest BCUT2D eigenvalue weighted by molar-refractivity contribution is 5.23. The van der Waals surface area contributed by atoms with E-state index in [1.54, 1.807) is 0 Å². The highest BCUT2D eigenvalue weighted by Gasteiger charge is 2.75. The summed E-state index contributed by atoms with van der Waals surface area (Å²) in [4.78, 5) is 0. The molecule has 1 aliphatic carbocycles. The minimum atomic E-state index is -0.192. The highest BCUT2D eigenvalue weighted by Crippen LogP contribution is 2.67. The van der Waals surface area contributed by atoms with Gasteiger partial charge in [0.25, 0.3) is 0 Å². The Balaban J connectivity index is 1.73. The summed E-state index contributed by atoms with van der Waals surface area (Å²) in [5.74, 6) is 1.68. The molecule has 2 rings (SSSR count). The molecule has 1 aliphatic heterocycles. The van der Waals surface area contributed by atoms with E-state index in [1.807, 2.05) is 0 Å². The zero-order valence-electron chi connectivity index (χ0n) is 17.2. The van der Waals surface area contributed by atoms with Gasteiger partial charge in [-0.15, -0.1) is 0 Å². The monoisotopic (exact) mass is 338 g/mol. The summed E-state index contributed by atoms with van der Waals surface area (Å²) in [6.07, 6.45) is 12.2. The van der Waals surface area contributed by atoms with Crippen LogP contribution in [0.1, 0.15) is 106 Å². The Morgan fingerprint density at radius 3 is 2.12 bits per heavy atom. The van der Waals surface area contributed by atoms with Crippen LogP contribution in [0.15, 0.2) is 0 Å². The molecular weight excluding hydrogens is 296 g/mol. The Morgan fingerprint density at radius 2 is 1.54 bits per heavy atom. The van der Waals surface area contributed by atoms with E-state index < -0.39 is 0 Å². The van der Waals surface area contributed by atoms with Crippen molar-refractivity contribution in [2.24, 2.45) is 17.3 Å². The second-order valence-corrected chi connectivity index (χ2v) is 9.93. The number of rotatable bonds is 10. The van der Waals surface area contributed by atoms with Crippen LogP contribution in [0.4, 0.5) is 0 Å². The average Bonchev–Trinajstić information content (AvgIpc) is 3.09. The van der Waals surface area contributed by atoms with Gasteiger partial charge >= 0.3 is 0 Å². The molecule has 0 radical (unpaired) electrons. The number of fused-ring (bicyclic) bond motifs is 1. The van der Waals surface area contributed by atoms with Gasteiger partial charge in [-0.3, -0.25) is 0 Å². The Hall–Kier alpha value is -0.0800. The van der Waals surface area contributed by atoms with Crippen molar-refractivity contribution >= 4 is 0 Å². The van der Waals surface area contributed by atoms with E-state index in [1.165, 1.54) is 44.9 Å². The Bertz CT molecular complexity index is 405. The fraction of sp³-hybridized carbons (Fsp3) is 1.00. The fourth-order valence-electron chi connectivity index (χ4n) is 5.45. The molecule has 1 heterocycles. The standard InChI is InChI=1S/C22H42O2/c1-7-8-10-17(2)11-9-12-18(3)13-14-22-20(4,5)15-19(23)16-21(22,6)24-22/h17-19,23H,7-16H2,1-6H3/t17-,18-,19+,21-,22+/m1/s1. The third kappa shape index (κ3) is 4.18.